The summed E-state index contributed by atoms with van der Waals surface area (Å²) < 4.78 is 13.6. The molecule has 0 spiro atoms. The number of hydrogen-bond acceptors (Lipinski definition) is 6. The number of rotatable bonds is 3. The summed E-state index contributed by atoms with van der Waals surface area (Å²) in [5.74, 6) is 2.73. The van der Waals surface area contributed by atoms with Crippen LogP contribution in [0.2, 0.25) is 0 Å². The Morgan fingerprint density at radius 3 is 2.80 bits per heavy atom. The van der Waals surface area contributed by atoms with Crippen LogP contribution in [0.4, 0.5) is 5.82 Å². The molecule has 0 amide bonds. The molecule has 2 aromatic heterocycles. The van der Waals surface area contributed by atoms with Crippen LogP contribution in [-0.2, 0) is 6.54 Å². The highest BCUT2D eigenvalue weighted by molar-refractivity contribution is 5.45. The third-order valence-electron chi connectivity index (χ3n) is 4.64. The Balaban J connectivity index is 1.48. The normalized spacial score (nSPS) is 16.1. The summed E-state index contributed by atoms with van der Waals surface area (Å²) in [6, 6.07) is 7.52. The summed E-state index contributed by atoms with van der Waals surface area (Å²) in [7, 11) is 0. The van der Waals surface area contributed by atoms with Gasteiger partial charge in [-0.1, -0.05) is 6.07 Å². The molecule has 8 heteroatoms. The van der Waals surface area contributed by atoms with Gasteiger partial charge in [-0.25, -0.2) is 13.9 Å². The van der Waals surface area contributed by atoms with Gasteiger partial charge in [0.15, 0.2) is 11.5 Å². The number of benzene rings is 1. The molecule has 0 N–H and O–H groups in total. The van der Waals surface area contributed by atoms with Crippen molar-refractivity contribution < 1.29 is 9.47 Å². The monoisotopic (exact) mass is 339 g/mol. The lowest BCUT2D eigenvalue weighted by Crippen LogP contribution is -2.22. The van der Waals surface area contributed by atoms with E-state index in [1.165, 1.54) is 21.9 Å². The van der Waals surface area contributed by atoms with E-state index >= 15 is 0 Å². The van der Waals surface area contributed by atoms with Crippen LogP contribution in [0.3, 0.4) is 0 Å². The van der Waals surface area contributed by atoms with E-state index in [0.29, 0.717) is 18.1 Å². The maximum absolute atomic E-state index is 12.6. The van der Waals surface area contributed by atoms with Gasteiger partial charge in [-0.15, -0.1) is 5.10 Å². The average molecular weight is 339 g/mol. The predicted molar refractivity (Wildman–Crippen MR) is 90.4 cm³/mol. The Hall–Kier alpha value is -3.03. The van der Waals surface area contributed by atoms with E-state index in [1.54, 1.807) is 6.20 Å². The fourth-order valence-electron chi connectivity index (χ4n) is 3.33. The van der Waals surface area contributed by atoms with Crippen LogP contribution in [0.25, 0.3) is 5.78 Å². The molecule has 0 unspecified atom stereocenters. The molecule has 3 aromatic rings. The zero-order chi connectivity index (χ0) is 16.8. The number of aromatic nitrogens is 4. The lowest BCUT2D eigenvalue weighted by Gasteiger charge is -2.15. The molecule has 8 nitrogen and oxygen atoms in total. The van der Waals surface area contributed by atoms with E-state index in [1.807, 2.05) is 24.3 Å². The first kappa shape index (κ1) is 14.3. The highest BCUT2D eigenvalue weighted by Crippen LogP contribution is 2.32. The quantitative estimate of drug-likeness (QED) is 0.715. The molecule has 2 aliphatic rings. The smallest absolute Gasteiger partial charge is 0.351 e. The fraction of sp³-hybridized carbons (Fsp3) is 0.353. The summed E-state index contributed by atoms with van der Waals surface area (Å²) in [6.07, 6.45) is 4.11. The van der Waals surface area contributed by atoms with E-state index in [9.17, 15) is 4.79 Å². The summed E-state index contributed by atoms with van der Waals surface area (Å²) in [4.78, 5) is 19.3. The van der Waals surface area contributed by atoms with Crippen LogP contribution in [0.5, 0.6) is 11.5 Å². The van der Waals surface area contributed by atoms with Crippen LogP contribution in [0.1, 0.15) is 18.4 Å². The Morgan fingerprint density at radius 1 is 1.08 bits per heavy atom. The SMILES string of the molecule is O=c1n(Cc2ccc3c(c2)OCO3)nc2nc(N3CCCC3)ccn12. The van der Waals surface area contributed by atoms with Gasteiger partial charge in [0.1, 0.15) is 5.82 Å². The van der Waals surface area contributed by atoms with Gasteiger partial charge in [-0.05, 0) is 36.6 Å². The van der Waals surface area contributed by atoms with Crippen LogP contribution < -0.4 is 20.1 Å². The molecule has 0 saturated carbocycles. The molecule has 0 radical (unpaired) electrons. The second kappa shape index (κ2) is 5.51. The van der Waals surface area contributed by atoms with Crippen molar-refractivity contribution in [1.82, 2.24) is 19.2 Å². The predicted octanol–water partition coefficient (Wildman–Crippen LogP) is 1.27. The van der Waals surface area contributed by atoms with Crippen molar-refractivity contribution in [3.8, 4) is 11.5 Å². The first-order chi connectivity index (χ1) is 12.3. The molecule has 128 valence electrons. The summed E-state index contributed by atoms with van der Waals surface area (Å²) in [5, 5.41) is 4.39. The summed E-state index contributed by atoms with van der Waals surface area (Å²) >= 11 is 0. The van der Waals surface area contributed by atoms with Gasteiger partial charge in [0, 0.05) is 19.3 Å². The van der Waals surface area contributed by atoms with Gasteiger partial charge in [-0.3, -0.25) is 0 Å². The minimum Gasteiger partial charge on any atom is -0.454 e. The zero-order valence-electron chi connectivity index (χ0n) is 13.6. The molecule has 0 bridgehead atoms. The first-order valence-corrected chi connectivity index (χ1v) is 8.38. The lowest BCUT2D eigenvalue weighted by molar-refractivity contribution is 0.174. The molecule has 0 atom stereocenters. The van der Waals surface area contributed by atoms with Crippen molar-refractivity contribution in [3.05, 3.63) is 46.5 Å². The molecule has 1 fully saturated rings. The Labute approximate surface area is 143 Å². The van der Waals surface area contributed by atoms with Crippen molar-refractivity contribution in [2.24, 2.45) is 0 Å². The van der Waals surface area contributed by atoms with Crippen LogP contribution in [0, 0.1) is 0 Å². The average Bonchev–Trinajstić information content (AvgIpc) is 3.36. The Morgan fingerprint density at radius 2 is 1.92 bits per heavy atom. The first-order valence-electron chi connectivity index (χ1n) is 8.38. The summed E-state index contributed by atoms with van der Waals surface area (Å²) in [6.45, 7) is 2.60. The molecule has 1 aromatic carbocycles. The highest BCUT2D eigenvalue weighted by Gasteiger charge is 2.17. The topological polar surface area (TPSA) is 73.9 Å². The van der Waals surface area contributed by atoms with Gasteiger partial charge in [0.05, 0.1) is 6.54 Å². The zero-order valence-corrected chi connectivity index (χ0v) is 13.6. The van der Waals surface area contributed by atoms with E-state index in [4.69, 9.17) is 9.47 Å². The second-order valence-electron chi connectivity index (χ2n) is 6.28. The maximum atomic E-state index is 12.6. The van der Waals surface area contributed by atoms with Gasteiger partial charge >= 0.3 is 5.69 Å². The highest BCUT2D eigenvalue weighted by atomic mass is 16.7. The molecular weight excluding hydrogens is 322 g/mol. The third kappa shape index (κ3) is 2.41. The largest absolute Gasteiger partial charge is 0.454 e. The van der Waals surface area contributed by atoms with Crippen LogP contribution in [0.15, 0.2) is 35.3 Å². The van der Waals surface area contributed by atoms with E-state index in [2.05, 4.69) is 15.0 Å². The number of anilines is 1. The van der Waals surface area contributed by atoms with E-state index in [-0.39, 0.29) is 12.5 Å². The second-order valence-corrected chi connectivity index (χ2v) is 6.28. The molecule has 5 rings (SSSR count). The number of fused-ring (bicyclic) bond motifs is 2. The molecular formula is C17H17N5O3. The third-order valence-corrected chi connectivity index (χ3v) is 4.64. The number of hydrogen-bond donors (Lipinski definition) is 0. The minimum absolute atomic E-state index is 0.201. The van der Waals surface area contributed by atoms with Crippen molar-refractivity contribution in [3.63, 3.8) is 0 Å². The molecule has 25 heavy (non-hydrogen) atoms. The molecule has 0 aliphatic carbocycles. The Bertz CT molecular complexity index is 1000. The summed E-state index contributed by atoms with van der Waals surface area (Å²) in [5.41, 5.74) is 0.725. The van der Waals surface area contributed by atoms with Gasteiger partial charge in [0.25, 0.3) is 5.78 Å². The van der Waals surface area contributed by atoms with E-state index < -0.39 is 0 Å². The standard InChI is InChI=1S/C17H17N5O3/c23-17-21-8-5-15(20-6-1-2-7-20)18-16(21)19-22(17)10-12-3-4-13-14(9-12)25-11-24-13/h3-5,8-9H,1-2,6-7,10-11H2. The van der Waals surface area contributed by atoms with Gasteiger partial charge < -0.3 is 14.4 Å². The van der Waals surface area contributed by atoms with Crippen LogP contribution in [-0.4, -0.2) is 39.0 Å². The minimum atomic E-state index is -0.201. The van der Waals surface area contributed by atoms with Crippen LogP contribution >= 0.6 is 0 Å². The molecule has 4 heterocycles. The van der Waals surface area contributed by atoms with Crippen molar-refractivity contribution in [2.75, 3.05) is 24.8 Å². The lowest BCUT2D eigenvalue weighted by atomic mass is 10.2. The van der Waals surface area contributed by atoms with Crippen molar-refractivity contribution in [1.29, 1.82) is 0 Å². The van der Waals surface area contributed by atoms with Crippen molar-refractivity contribution in [2.45, 2.75) is 19.4 Å². The Kier molecular flexibility index (Phi) is 3.16. The number of nitrogens with zero attached hydrogens (tertiary/aromatic N) is 5. The fourth-order valence-corrected chi connectivity index (χ4v) is 3.33. The number of ether oxygens (including phenoxy) is 2. The van der Waals surface area contributed by atoms with Crippen molar-refractivity contribution >= 4 is 11.6 Å². The molecule has 2 aliphatic heterocycles. The molecule has 1 saturated heterocycles. The van der Waals surface area contributed by atoms with Gasteiger partial charge in [-0.2, -0.15) is 4.98 Å². The van der Waals surface area contributed by atoms with E-state index in [0.717, 1.165) is 30.2 Å². The van der Waals surface area contributed by atoms with Gasteiger partial charge in [0.2, 0.25) is 6.79 Å². The maximum Gasteiger partial charge on any atom is 0.351 e.